The number of amidine groups is 1. The minimum atomic E-state index is -1.02. The second kappa shape index (κ2) is 9.57. The number of hydrogen-bond donors (Lipinski definition) is 4. The number of aliphatic hydroxyl groups excluding tert-OH is 1. The van der Waals surface area contributed by atoms with Crippen molar-refractivity contribution in [3.8, 4) is 0 Å². The van der Waals surface area contributed by atoms with Gasteiger partial charge in [-0.25, -0.2) is 4.79 Å². The Labute approximate surface area is 172 Å². The zero-order chi connectivity index (χ0) is 20.2. The molecule has 6 nitrogen and oxygen atoms in total. The Balaban J connectivity index is 0.00000392. The predicted molar refractivity (Wildman–Crippen MR) is 114 cm³/mol. The first kappa shape index (κ1) is 23.5. The fraction of sp³-hybridized carbons (Fsp3) is 0.333. The van der Waals surface area contributed by atoms with Gasteiger partial charge in [0.05, 0.1) is 11.5 Å². The molecule has 28 heavy (non-hydrogen) atoms. The number of halogens is 1. The number of nitrogens with zero attached hydrogens (tertiary/aromatic N) is 1. The van der Waals surface area contributed by atoms with E-state index >= 15 is 0 Å². The smallest absolute Gasteiger partial charge is 0.330 e. The molecule has 0 fully saturated rings. The van der Waals surface area contributed by atoms with Gasteiger partial charge in [0.2, 0.25) is 0 Å². The lowest BCUT2D eigenvalue weighted by atomic mass is 9.78. The number of nitrogen functional groups attached to an aromatic ring is 1. The lowest BCUT2D eigenvalue weighted by Crippen LogP contribution is -2.46. The van der Waals surface area contributed by atoms with E-state index in [-0.39, 0.29) is 29.6 Å². The standard InChI is InChI=1S/C21H27N3O3.ClH/c1-4-24(5-2)21(17-9-7-6-8-16(17)19(22)23)11-10-15(18(25)13-21)12-14(3)20(26)27;/h6-13,15,25H,4-5H2,1-3H3,(H3,22,23)(H,26,27);1H/b14-12+;. The number of benzene rings is 1. The van der Waals surface area contributed by atoms with Crippen molar-refractivity contribution in [2.24, 2.45) is 11.7 Å². The first-order valence-electron chi connectivity index (χ1n) is 8.98. The highest BCUT2D eigenvalue weighted by Crippen LogP contribution is 2.39. The van der Waals surface area contributed by atoms with E-state index < -0.39 is 17.4 Å². The molecule has 7 heteroatoms. The van der Waals surface area contributed by atoms with Crippen LogP contribution < -0.4 is 5.73 Å². The highest BCUT2D eigenvalue weighted by molar-refractivity contribution is 5.97. The molecule has 2 unspecified atom stereocenters. The topological polar surface area (TPSA) is 111 Å². The van der Waals surface area contributed by atoms with E-state index in [0.717, 1.165) is 5.56 Å². The summed E-state index contributed by atoms with van der Waals surface area (Å²) in [6, 6.07) is 7.41. The summed E-state index contributed by atoms with van der Waals surface area (Å²) in [5.74, 6) is -1.49. The van der Waals surface area contributed by atoms with Crippen LogP contribution in [0.4, 0.5) is 0 Å². The molecule has 0 radical (unpaired) electrons. The van der Waals surface area contributed by atoms with E-state index in [1.807, 2.05) is 38.1 Å². The SMILES string of the molecule is CCN(CC)C1(c2ccccc2C(=N)N)C=CC(/C=C(\C)C(=O)O)C(O)=C1.Cl. The fourth-order valence-corrected chi connectivity index (χ4v) is 3.55. The molecular weight excluding hydrogens is 378 g/mol. The first-order valence-corrected chi connectivity index (χ1v) is 8.98. The molecule has 1 aliphatic rings. The molecule has 1 aromatic rings. The summed E-state index contributed by atoms with van der Waals surface area (Å²) in [5.41, 5.74) is 6.62. The van der Waals surface area contributed by atoms with Crippen molar-refractivity contribution in [2.75, 3.05) is 13.1 Å². The predicted octanol–water partition coefficient (Wildman–Crippen LogP) is 3.59. The van der Waals surface area contributed by atoms with Crippen molar-refractivity contribution in [1.29, 1.82) is 5.41 Å². The van der Waals surface area contributed by atoms with E-state index in [0.29, 0.717) is 18.7 Å². The Bertz CT molecular complexity index is 828. The Hall–Kier alpha value is -2.57. The minimum Gasteiger partial charge on any atom is -0.512 e. The van der Waals surface area contributed by atoms with Crippen LogP contribution in [0.3, 0.4) is 0 Å². The number of allylic oxidation sites excluding steroid dienone is 1. The average Bonchev–Trinajstić information content (AvgIpc) is 2.64. The lowest BCUT2D eigenvalue weighted by Gasteiger charge is -2.42. The van der Waals surface area contributed by atoms with Crippen molar-refractivity contribution >= 4 is 24.2 Å². The van der Waals surface area contributed by atoms with Crippen molar-refractivity contribution in [3.63, 3.8) is 0 Å². The lowest BCUT2D eigenvalue weighted by molar-refractivity contribution is -0.132. The van der Waals surface area contributed by atoms with Gasteiger partial charge in [0.25, 0.3) is 0 Å². The van der Waals surface area contributed by atoms with Gasteiger partial charge in [0.15, 0.2) is 0 Å². The number of rotatable bonds is 7. The molecule has 0 amide bonds. The number of aliphatic carboxylic acids is 1. The van der Waals surface area contributed by atoms with Gasteiger partial charge < -0.3 is 15.9 Å². The van der Waals surface area contributed by atoms with Crippen LogP contribution in [0.15, 0.2) is 59.9 Å². The van der Waals surface area contributed by atoms with Crippen LogP contribution in [0.25, 0.3) is 0 Å². The molecule has 5 N–H and O–H groups in total. The molecule has 0 aromatic heterocycles. The Morgan fingerprint density at radius 2 is 1.93 bits per heavy atom. The largest absolute Gasteiger partial charge is 0.512 e. The number of nitrogens with one attached hydrogen (secondary N) is 1. The highest BCUT2D eigenvalue weighted by Gasteiger charge is 2.38. The summed E-state index contributed by atoms with van der Waals surface area (Å²) in [4.78, 5) is 13.3. The van der Waals surface area contributed by atoms with Crippen LogP contribution in [0, 0.1) is 11.3 Å². The van der Waals surface area contributed by atoms with E-state index in [2.05, 4.69) is 4.90 Å². The third-order valence-electron chi connectivity index (χ3n) is 4.97. The maximum atomic E-state index is 11.1. The summed E-state index contributed by atoms with van der Waals surface area (Å²) >= 11 is 0. The quantitative estimate of drug-likeness (QED) is 0.240. The Morgan fingerprint density at radius 1 is 1.32 bits per heavy atom. The summed E-state index contributed by atoms with van der Waals surface area (Å²) in [7, 11) is 0. The molecule has 1 aromatic carbocycles. The molecule has 2 rings (SSSR count). The highest BCUT2D eigenvalue weighted by atomic mass is 35.5. The number of likely N-dealkylation sites (N-methyl/N-ethyl adjacent to an activating group) is 1. The van der Waals surface area contributed by atoms with Gasteiger partial charge in [0.1, 0.15) is 11.6 Å². The zero-order valence-corrected chi connectivity index (χ0v) is 17.2. The summed E-state index contributed by atoms with van der Waals surface area (Å²) < 4.78 is 0. The molecule has 0 bridgehead atoms. The van der Waals surface area contributed by atoms with Crippen LogP contribution in [0.5, 0.6) is 0 Å². The third-order valence-corrected chi connectivity index (χ3v) is 4.97. The molecule has 2 atom stereocenters. The Kier molecular flexibility index (Phi) is 8.02. The van der Waals surface area contributed by atoms with Crippen LogP contribution in [0.1, 0.15) is 31.9 Å². The van der Waals surface area contributed by atoms with Gasteiger partial charge in [0, 0.05) is 11.1 Å². The number of carboxylic acid groups (broad SMARTS) is 1. The maximum absolute atomic E-state index is 11.1. The van der Waals surface area contributed by atoms with Crippen molar-refractivity contribution in [2.45, 2.75) is 26.3 Å². The summed E-state index contributed by atoms with van der Waals surface area (Å²) in [6.07, 6.45) is 7.01. The van der Waals surface area contributed by atoms with Crippen LogP contribution in [-0.4, -0.2) is 40.0 Å². The van der Waals surface area contributed by atoms with E-state index in [4.69, 9.17) is 16.2 Å². The van der Waals surface area contributed by atoms with E-state index in [1.165, 1.54) is 13.0 Å². The van der Waals surface area contributed by atoms with Crippen molar-refractivity contribution < 1.29 is 15.0 Å². The van der Waals surface area contributed by atoms with E-state index in [9.17, 15) is 9.90 Å². The molecular formula is C21H28ClN3O3. The molecule has 0 saturated carbocycles. The van der Waals surface area contributed by atoms with Gasteiger partial charge in [-0.3, -0.25) is 10.3 Å². The average molecular weight is 406 g/mol. The second-order valence-corrected chi connectivity index (χ2v) is 6.57. The van der Waals surface area contributed by atoms with Crippen LogP contribution in [-0.2, 0) is 10.3 Å². The molecule has 0 saturated heterocycles. The molecule has 152 valence electrons. The maximum Gasteiger partial charge on any atom is 0.330 e. The molecule has 0 heterocycles. The number of carbonyl (C=O) groups is 1. The van der Waals surface area contributed by atoms with Gasteiger partial charge in [-0.1, -0.05) is 56.3 Å². The van der Waals surface area contributed by atoms with Crippen LogP contribution in [0.2, 0.25) is 0 Å². The molecule has 0 aliphatic heterocycles. The third kappa shape index (κ3) is 4.46. The molecule has 1 aliphatic carbocycles. The number of nitrogens with two attached hydrogens (primary N) is 1. The summed E-state index contributed by atoms with van der Waals surface area (Å²) in [6.45, 7) is 6.99. The minimum absolute atomic E-state index is 0. The normalized spacial score (nSPS) is 21.8. The summed E-state index contributed by atoms with van der Waals surface area (Å²) in [5, 5.41) is 27.8. The number of carboxylic acids is 1. The van der Waals surface area contributed by atoms with Gasteiger partial charge in [-0.2, -0.15) is 0 Å². The van der Waals surface area contributed by atoms with Gasteiger partial charge in [-0.15, -0.1) is 12.4 Å². The Morgan fingerprint density at radius 3 is 2.43 bits per heavy atom. The second-order valence-electron chi connectivity index (χ2n) is 6.57. The van der Waals surface area contributed by atoms with E-state index in [1.54, 1.807) is 18.2 Å². The van der Waals surface area contributed by atoms with Gasteiger partial charge >= 0.3 is 5.97 Å². The van der Waals surface area contributed by atoms with Gasteiger partial charge in [-0.05, 0) is 31.7 Å². The number of aliphatic hydroxyl groups is 1. The van der Waals surface area contributed by atoms with Crippen molar-refractivity contribution in [1.82, 2.24) is 4.90 Å². The number of hydrogen-bond acceptors (Lipinski definition) is 4. The van der Waals surface area contributed by atoms with Crippen molar-refractivity contribution in [3.05, 3.63) is 71.0 Å². The monoisotopic (exact) mass is 405 g/mol. The van der Waals surface area contributed by atoms with Crippen LogP contribution >= 0.6 is 12.4 Å². The fourth-order valence-electron chi connectivity index (χ4n) is 3.55. The zero-order valence-electron chi connectivity index (χ0n) is 16.3. The molecule has 0 spiro atoms. The first-order chi connectivity index (χ1) is 12.8.